The highest BCUT2D eigenvalue weighted by Gasteiger charge is 2.25. The Morgan fingerprint density at radius 2 is 1.89 bits per heavy atom. The third-order valence-corrected chi connectivity index (χ3v) is 4.02. The third-order valence-electron chi connectivity index (χ3n) is 3.36. The van der Waals surface area contributed by atoms with Crippen LogP contribution in [0.25, 0.3) is 0 Å². The molecule has 100 valence electrons. The largest absolute Gasteiger partial charge is 0.388 e. The molecule has 2 unspecified atom stereocenters. The number of halogens is 3. The number of aliphatic hydroxyl groups is 1. The van der Waals surface area contributed by atoms with Crippen LogP contribution in [0, 0.1) is 5.92 Å². The van der Waals surface area contributed by atoms with Gasteiger partial charge in [0.05, 0.1) is 6.10 Å². The van der Waals surface area contributed by atoms with Crippen LogP contribution in [0.2, 0.25) is 0 Å². The smallest absolute Gasteiger partial charge is 0.216 e. The number of benzene rings is 1. The molecule has 0 amide bonds. The molecule has 0 radical (unpaired) electrons. The van der Waals surface area contributed by atoms with E-state index in [-0.39, 0.29) is 5.92 Å². The van der Waals surface area contributed by atoms with Crippen LogP contribution in [0.3, 0.4) is 0 Å². The van der Waals surface area contributed by atoms with Gasteiger partial charge in [0.25, 0.3) is 0 Å². The van der Waals surface area contributed by atoms with Crippen molar-refractivity contribution in [1.29, 1.82) is 0 Å². The second kappa shape index (κ2) is 5.98. The van der Waals surface area contributed by atoms with Gasteiger partial charge in [0.1, 0.15) is 0 Å². The van der Waals surface area contributed by atoms with Gasteiger partial charge in [0.15, 0.2) is 0 Å². The van der Waals surface area contributed by atoms with E-state index >= 15 is 0 Å². The third kappa shape index (κ3) is 3.52. The first-order valence-corrected chi connectivity index (χ1v) is 7.18. The standard InChI is InChI=1S/C13H16Cl3NO/c14-13(15,16)11-5-3-9(4-6-11)12(18)10-2-1-7-17-8-10/h3-6,10,12,17-18H,1-2,7-8H2. The van der Waals surface area contributed by atoms with E-state index in [4.69, 9.17) is 34.8 Å². The zero-order valence-electron chi connectivity index (χ0n) is 9.87. The molecule has 2 N–H and O–H groups in total. The van der Waals surface area contributed by atoms with Crippen LogP contribution < -0.4 is 5.32 Å². The van der Waals surface area contributed by atoms with Crippen LogP contribution in [0.4, 0.5) is 0 Å². The van der Waals surface area contributed by atoms with E-state index in [0.29, 0.717) is 5.56 Å². The summed E-state index contributed by atoms with van der Waals surface area (Å²) in [5.74, 6) is 0.261. The number of hydrogen-bond acceptors (Lipinski definition) is 2. The SMILES string of the molecule is OC(c1ccc(C(Cl)(Cl)Cl)cc1)C1CCCNC1. The highest BCUT2D eigenvalue weighted by molar-refractivity contribution is 6.66. The molecule has 0 aromatic heterocycles. The summed E-state index contributed by atoms with van der Waals surface area (Å²) in [5.41, 5.74) is 1.49. The second-order valence-corrected chi connectivity index (χ2v) is 6.95. The summed E-state index contributed by atoms with van der Waals surface area (Å²) in [5, 5.41) is 13.6. The van der Waals surface area contributed by atoms with Gasteiger partial charge < -0.3 is 10.4 Å². The van der Waals surface area contributed by atoms with Crippen molar-refractivity contribution in [3.8, 4) is 0 Å². The normalized spacial score (nSPS) is 22.8. The molecule has 1 aromatic carbocycles. The Bertz CT molecular complexity index is 382. The van der Waals surface area contributed by atoms with Crippen molar-refractivity contribution in [2.24, 2.45) is 5.92 Å². The fourth-order valence-electron chi connectivity index (χ4n) is 2.29. The van der Waals surface area contributed by atoms with E-state index in [2.05, 4.69) is 5.32 Å². The average Bonchev–Trinajstić information content (AvgIpc) is 2.38. The summed E-state index contributed by atoms with van der Waals surface area (Å²) in [6.45, 7) is 1.89. The molecule has 5 heteroatoms. The quantitative estimate of drug-likeness (QED) is 0.819. The van der Waals surface area contributed by atoms with Gasteiger partial charge in [-0.25, -0.2) is 0 Å². The molecule has 0 bridgehead atoms. The topological polar surface area (TPSA) is 32.3 Å². The van der Waals surface area contributed by atoms with Crippen LogP contribution in [0.15, 0.2) is 24.3 Å². The number of aliphatic hydroxyl groups excluding tert-OH is 1. The molecule has 0 aliphatic carbocycles. The first-order chi connectivity index (χ1) is 8.48. The summed E-state index contributed by atoms with van der Waals surface area (Å²) in [4.78, 5) is 0. The van der Waals surface area contributed by atoms with Gasteiger partial charge in [0.2, 0.25) is 3.79 Å². The van der Waals surface area contributed by atoms with Crippen molar-refractivity contribution in [3.63, 3.8) is 0 Å². The van der Waals surface area contributed by atoms with E-state index in [0.717, 1.165) is 31.5 Å². The molecular weight excluding hydrogens is 293 g/mol. The van der Waals surface area contributed by atoms with E-state index < -0.39 is 9.90 Å². The van der Waals surface area contributed by atoms with Crippen molar-refractivity contribution >= 4 is 34.8 Å². The zero-order valence-corrected chi connectivity index (χ0v) is 12.1. The minimum atomic E-state index is -1.41. The Morgan fingerprint density at radius 1 is 1.22 bits per heavy atom. The summed E-state index contributed by atoms with van der Waals surface area (Å²) in [6, 6.07) is 7.16. The van der Waals surface area contributed by atoms with Gasteiger partial charge in [-0.3, -0.25) is 0 Å². The highest BCUT2D eigenvalue weighted by atomic mass is 35.6. The Kier molecular flexibility index (Phi) is 4.79. The van der Waals surface area contributed by atoms with Gasteiger partial charge in [0, 0.05) is 18.0 Å². The summed E-state index contributed by atoms with van der Waals surface area (Å²) < 4.78 is -1.41. The molecule has 1 saturated heterocycles. The molecule has 2 atom stereocenters. The molecule has 1 heterocycles. The molecular formula is C13H16Cl3NO. The lowest BCUT2D eigenvalue weighted by atomic mass is 9.89. The molecule has 0 saturated carbocycles. The van der Waals surface area contributed by atoms with Crippen LogP contribution in [0.5, 0.6) is 0 Å². The Labute approximate surface area is 122 Å². The molecule has 18 heavy (non-hydrogen) atoms. The lowest BCUT2D eigenvalue weighted by Gasteiger charge is -2.27. The maximum Gasteiger partial charge on any atom is 0.216 e. The lowest BCUT2D eigenvalue weighted by molar-refractivity contribution is 0.0921. The summed E-state index contributed by atoms with van der Waals surface area (Å²) >= 11 is 17.4. The van der Waals surface area contributed by atoms with Crippen molar-refractivity contribution < 1.29 is 5.11 Å². The number of hydrogen-bond donors (Lipinski definition) is 2. The van der Waals surface area contributed by atoms with Gasteiger partial charge in [-0.2, -0.15) is 0 Å². The molecule has 1 aliphatic heterocycles. The molecule has 2 nitrogen and oxygen atoms in total. The number of nitrogens with one attached hydrogen (secondary N) is 1. The van der Waals surface area contributed by atoms with E-state index in [1.54, 1.807) is 12.1 Å². The summed E-state index contributed by atoms with van der Waals surface area (Å²) in [6.07, 6.45) is 1.69. The number of piperidine rings is 1. The van der Waals surface area contributed by atoms with Gasteiger partial charge in [-0.1, -0.05) is 59.1 Å². The number of rotatable bonds is 2. The van der Waals surface area contributed by atoms with Gasteiger partial charge >= 0.3 is 0 Å². The van der Waals surface area contributed by atoms with E-state index in [9.17, 15) is 5.11 Å². The second-order valence-electron chi connectivity index (χ2n) is 4.67. The van der Waals surface area contributed by atoms with Gasteiger partial charge in [-0.15, -0.1) is 0 Å². The van der Waals surface area contributed by atoms with Crippen LogP contribution >= 0.6 is 34.8 Å². The zero-order chi connectivity index (χ0) is 13.2. The predicted molar refractivity (Wildman–Crippen MR) is 76.2 cm³/mol. The van der Waals surface area contributed by atoms with E-state index in [1.807, 2.05) is 12.1 Å². The van der Waals surface area contributed by atoms with Crippen LogP contribution in [0.1, 0.15) is 30.1 Å². The molecule has 1 aromatic rings. The maximum atomic E-state index is 10.3. The molecule has 0 spiro atoms. The molecule has 1 aliphatic rings. The van der Waals surface area contributed by atoms with Crippen molar-refractivity contribution in [2.75, 3.05) is 13.1 Å². The predicted octanol–water partition coefficient (Wildman–Crippen LogP) is 3.55. The maximum absolute atomic E-state index is 10.3. The molecule has 2 rings (SSSR count). The highest BCUT2D eigenvalue weighted by Crippen LogP contribution is 2.38. The first kappa shape index (κ1) is 14.4. The average molecular weight is 309 g/mol. The van der Waals surface area contributed by atoms with E-state index in [1.165, 1.54) is 0 Å². The lowest BCUT2D eigenvalue weighted by Crippen LogP contribution is -2.33. The first-order valence-electron chi connectivity index (χ1n) is 6.04. The Hall–Kier alpha value is 0.01000. The monoisotopic (exact) mass is 307 g/mol. The Morgan fingerprint density at radius 3 is 2.39 bits per heavy atom. The summed E-state index contributed by atoms with van der Waals surface area (Å²) in [7, 11) is 0. The minimum absolute atomic E-state index is 0.261. The van der Waals surface area contributed by atoms with Crippen molar-refractivity contribution in [1.82, 2.24) is 5.32 Å². The van der Waals surface area contributed by atoms with Crippen molar-refractivity contribution in [3.05, 3.63) is 35.4 Å². The number of alkyl halides is 3. The Balaban J connectivity index is 2.09. The fourth-order valence-corrected chi connectivity index (χ4v) is 2.67. The van der Waals surface area contributed by atoms with Crippen LogP contribution in [-0.4, -0.2) is 18.2 Å². The van der Waals surface area contributed by atoms with Gasteiger partial charge in [-0.05, 0) is 24.9 Å². The van der Waals surface area contributed by atoms with Crippen molar-refractivity contribution in [2.45, 2.75) is 22.7 Å². The fraction of sp³-hybridized carbons (Fsp3) is 0.538. The van der Waals surface area contributed by atoms with Crippen LogP contribution in [-0.2, 0) is 3.79 Å². The molecule has 1 fully saturated rings. The minimum Gasteiger partial charge on any atom is -0.388 e.